The number of hydrogen-bond donors (Lipinski definition) is 2. The number of rotatable bonds is 5. The minimum Gasteiger partial charge on any atom is -0.480 e. The predicted octanol–water partition coefficient (Wildman–Crippen LogP) is 2.49. The van der Waals surface area contributed by atoms with E-state index in [1.54, 1.807) is 19.1 Å². The van der Waals surface area contributed by atoms with Crippen molar-refractivity contribution in [1.82, 2.24) is 5.32 Å². The van der Waals surface area contributed by atoms with Crippen molar-refractivity contribution >= 4 is 23.5 Å². The van der Waals surface area contributed by atoms with E-state index in [-0.39, 0.29) is 6.42 Å². The van der Waals surface area contributed by atoms with E-state index in [1.807, 2.05) is 0 Å². The summed E-state index contributed by atoms with van der Waals surface area (Å²) in [6, 6.07) is 5.26. The monoisotopic (exact) mass is 267 g/mol. The number of halogens is 1. The van der Waals surface area contributed by atoms with Crippen molar-refractivity contribution in [2.75, 3.05) is 0 Å². The van der Waals surface area contributed by atoms with Gasteiger partial charge in [-0.3, -0.25) is 4.79 Å². The molecule has 0 bridgehead atoms. The zero-order valence-corrected chi connectivity index (χ0v) is 10.7. The van der Waals surface area contributed by atoms with E-state index in [2.05, 4.69) is 11.9 Å². The van der Waals surface area contributed by atoms with Gasteiger partial charge in [0.25, 0.3) is 5.91 Å². The lowest BCUT2D eigenvalue weighted by atomic mass is 10.1. The lowest BCUT2D eigenvalue weighted by Crippen LogP contribution is -2.40. The number of carbonyl (C=O) groups excluding carboxylic acids is 1. The molecule has 1 aromatic carbocycles. The number of hydrogen-bond acceptors (Lipinski definition) is 2. The van der Waals surface area contributed by atoms with Crippen molar-refractivity contribution < 1.29 is 14.7 Å². The SMILES string of the molecule is C=C(C)C[C@@H](NC(=O)c1ccc(Cl)cc1)C(=O)O. The molecular weight excluding hydrogens is 254 g/mol. The molecule has 0 aliphatic heterocycles. The minimum atomic E-state index is -1.08. The topological polar surface area (TPSA) is 66.4 Å². The van der Waals surface area contributed by atoms with Gasteiger partial charge < -0.3 is 10.4 Å². The Morgan fingerprint density at radius 1 is 1.39 bits per heavy atom. The zero-order chi connectivity index (χ0) is 13.7. The van der Waals surface area contributed by atoms with Crippen molar-refractivity contribution in [3.63, 3.8) is 0 Å². The van der Waals surface area contributed by atoms with Crippen molar-refractivity contribution in [2.24, 2.45) is 0 Å². The number of carboxylic acids is 1. The van der Waals surface area contributed by atoms with Gasteiger partial charge in [0, 0.05) is 10.6 Å². The fourth-order valence-corrected chi connectivity index (χ4v) is 1.52. The quantitative estimate of drug-likeness (QED) is 0.806. The molecule has 0 heterocycles. The summed E-state index contributed by atoms with van der Waals surface area (Å²) in [5.74, 6) is -1.53. The van der Waals surface area contributed by atoms with Crippen LogP contribution in [0.4, 0.5) is 0 Å². The first-order valence-corrected chi connectivity index (χ1v) is 5.71. The summed E-state index contributed by atoms with van der Waals surface area (Å²) in [4.78, 5) is 22.8. The molecule has 0 aromatic heterocycles. The van der Waals surface area contributed by atoms with E-state index < -0.39 is 17.9 Å². The molecule has 96 valence electrons. The number of amides is 1. The molecule has 18 heavy (non-hydrogen) atoms. The van der Waals surface area contributed by atoms with Crippen LogP contribution in [-0.4, -0.2) is 23.0 Å². The van der Waals surface area contributed by atoms with Gasteiger partial charge in [0.15, 0.2) is 0 Å². The largest absolute Gasteiger partial charge is 0.480 e. The third-order valence-electron chi connectivity index (χ3n) is 2.26. The standard InChI is InChI=1S/C13H14ClNO3/c1-8(2)7-11(13(17)18)15-12(16)9-3-5-10(14)6-4-9/h3-6,11H,1,7H2,2H3,(H,15,16)(H,17,18)/t11-/m1/s1. The van der Waals surface area contributed by atoms with Crippen LogP contribution in [0.5, 0.6) is 0 Å². The first-order valence-electron chi connectivity index (χ1n) is 5.33. The third-order valence-corrected chi connectivity index (χ3v) is 2.51. The molecule has 0 aliphatic carbocycles. The highest BCUT2D eigenvalue weighted by atomic mass is 35.5. The van der Waals surface area contributed by atoms with Crippen LogP contribution in [-0.2, 0) is 4.79 Å². The highest BCUT2D eigenvalue weighted by Crippen LogP contribution is 2.10. The summed E-state index contributed by atoms with van der Waals surface area (Å²) in [6.45, 7) is 5.35. The number of carboxylic acid groups (broad SMARTS) is 1. The Morgan fingerprint density at radius 2 is 1.94 bits per heavy atom. The summed E-state index contributed by atoms with van der Waals surface area (Å²) >= 11 is 5.70. The molecule has 0 saturated carbocycles. The second kappa shape index (κ2) is 6.21. The van der Waals surface area contributed by atoms with Crippen LogP contribution in [0.1, 0.15) is 23.7 Å². The van der Waals surface area contributed by atoms with Crippen LogP contribution in [0.15, 0.2) is 36.4 Å². The Kier molecular flexibility index (Phi) is 4.92. The Bertz CT molecular complexity index is 468. The molecule has 5 heteroatoms. The Morgan fingerprint density at radius 3 is 2.39 bits per heavy atom. The molecule has 4 nitrogen and oxygen atoms in total. The maximum absolute atomic E-state index is 11.8. The summed E-state index contributed by atoms with van der Waals surface area (Å²) in [7, 11) is 0. The van der Waals surface area contributed by atoms with Gasteiger partial charge in [-0.25, -0.2) is 4.79 Å². The molecule has 1 rings (SSSR count). The molecule has 0 saturated heterocycles. The molecule has 0 fully saturated rings. The fourth-order valence-electron chi connectivity index (χ4n) is 1.39. The van der Waals surface area contributed by atoms with Crippen LogP contribution >= 0.6 is 11.6 Å². The first kappa shape index (κ1) is 14.3. The molecular formula is C13H14ClNO3. The molecule has 2 N–H and O–H groups in total. The van der Waals surface area contributed by atoms with Gasteiger partial charge >= 0.3 is 5.97 Å². The van der Waals surface area contributed by atoms with Gasteiger partial charge in [-0.05, 0) is 37.6 Å². The van der Waals surface area contributed by atoms with Crippen LogP contribution in [0.3, 0.4) is 0 Å². The second-order valence-corrected chi connectivity index (χ2v) is 4.47. The number of aliphatic carboxylic acids is 1. The average molecular weight is 268 g/mol. The predicted molar refractivity (Wildman–Crippen MR) is 69.8 cm³/mol. The van der Waals surface area contributed by atoms with Crippen LogP contribution in [0, 0.1) is 0 Å². The second-order valence-electron chi connectivity index (χ2n) is 4.03. The van der Waals surface area contributed by atoms with Crippen molar-refractivity contribution in [2.45, 2.75) is 19.4 Å². The van der Waals surface area contributed by atoms with Gasteiger partial charge in [-0.2, -0.15) is 0 Å². The number of carbonyl (C=O) groups is 2. The van der Waals surface area contributed by atoms with Crippen molar-refractivity contribution in [3.05, 3.63) is 47.0 Å². The maximum atomic E-state index is 11.8. The van der Waals surface area contributed by atoms with Crippen molar-refractivity contribution in [1.29, 1.82) is 0 Å². The summed E-state index contributed by atoms with van der Waals surface area (Å²) in [6.07, 6.45) is 0.203. The van der Waals surface area contributed by atoms with Gasteiger partial charge in [-0.1, -0.05) is 17.2 Å². The number of benzene rings is 1. The minimum absolute atomic E-state index is 0.203. The van der Waals surface area contributed by atoms with E-state index in [9.17, 15) is 9.59 Å². The molecule has 1 aromatic rings. The van der Waals surface area contributed by atoms with Crippen LogP contribution in [0.2, 0.25) is 5.02 Å². The summed E-state index contributed by atoms with van der Waals surface area (Å²) in [5.41, 5.74) is 1.06. The molecule has 1 atom stereocenters. The lowest BCUT2D eigenvalue weighted by Gasteiger charge is -2.14. The molecule has 0 unspecified atom stereocenters. The molecule has 0 radical (unpaired) electrons. The van der Waals surface area contributed by atoms with E-state index >= 15 is 0 Å². The normalized spacial score (nSPS) is 11.7. The smallest absolute Gasteiger partial charge is 0.326 e. The van der Waals surface area contributed by atoms with Crippen molar-refractivity contribution in [3.8, 4) is 0 Å². The van der Waals surface area contributed by atoms with Crippen LogP contribution < -0.4 is 5.32 Å². The summed E-state index contributed by atoms with van der Waals surface area (Å²) in [5, 5.41) is 11.9. The van der Waals surface area contributed by atoms with Crippen LogP contribution in [0.25, 0.3) is 0 Å². The maximum Gasteiger partial charge on any atom is 0.326 e. The fraction of sp³-hybridized carbons (Fsp3) is 0.231. The molecule has 0 aliphatic rings. The Hall–Kier alpha value is -1.81. The lowest BCUT2D eigenvalue weighted by molar-refractivity contribution is -0.139. The highest BCUT2D eigenvalue weighted by molar-refractivity contribution is 6.30. The average Bonchev–Trinajstić information content (AvgIpc) is 2.28. The summed E-state index contributed by atoms with van der Waals surface area (Å²) < 4.78 is 0. The third kappa shape index (κ3) is 4.22. The van der Waals surface area contributed by atoms with E-state index in [0.717, 1.165) is 0 Å². The molecule has 1 amide bonds. The van der Waals surface area contributed by atoms with Gasteiger partial charge in [-0.15, -0.1) is 6.58 Å². The molecule has 0 spiro atoms. The van der Waals surface area contributed by atoms with E-state index in [4.69, 9.17) is 16.7 Å². The van der Waals surface area contributed by atoms with E-state index in [1.165, 1.54) is 12.1 Å². The Balaban J connectivity index is 2.75. The number of nitrogens with one attached hydrogen (secondary N) is 1. The zero-order valence-electron chi connectivity index (χ0n) is 9.94. The van der Waals surface area contributed by atoms with E-state index in [0.29, 0.717) is 16.2 Å². The van der Waals surface area contributed by atoms with Gasteiger partial charge in [0.05, 0.1) is 0 Å². The van der Waals surface area contributed by atoms with Gasteiger partial charge in [0.1, 0.15) is 6.04 Å². The first-order chi connectivity index (χ1) is 8.40. The highest BCUT2D eigenvalue weighted by Gasteiger charge is 2.20. The Labute approximate surface area is 110 Å². The van der Waals surface area contributed by atoms with Gasteiger partial charge in [0.2, 0.25) is 0 Å².